The van der Waals surface area contributed by atoms with Crippen molar-refractivity contribution in [1.82, 2.24) is 4.98 Å². The fraction of sp³-hybridized carbons (Fsp3) is 0.414. The highest BCUT2D eigenvalue weighted by atomic mass is 19.4. The van der Waals surface area contributed by atoms with E-state index in [4.69, 9.17) is 0 Å². The maximum atomic E-state index is 13.8. The number of fused-ring (bicyclic) bond motifs is 8. The number of nitrogens with zero attached hydrogens (tertiary/aromatic N) is 3. The molecule has 1 aliphatic carbocycles. The molecule has 6 heteroatoms. The molecule has 0 radical (unpaired) electrons. The molecule has 3 aliphatic rings. The number of rotatable bonds is 4. The molecule has 3 heterocycles. The zero-order valence-corrected chi connectivity index (χ0v) is 20.5. The normalized spacial score (nSPS) is 28.3. The van der Waals surface area contributed by atoms with Crippen LogP contribution in [0.5, 0.6) is 0 Å². The van der Waals surface area contributed by atoms with Crippen LogP contribution in [0.1, 0.15) is 56.9 Å². The monoisotopic (exact) mass is 477 g/mol. The predicted molar refractivity (Wildman–Crippen MR) is 133 cm³/mol. The van der Waals surface area contributed by atoms with Crippen LogP contribution in [0.25, 0.3) is 0 Å². The third kappa shape index (κ3) is 2.55. The Morgan fingerprint density at radius 1 is 0.829 bits per heavy atom. The standard InChI is InChI=1S/C29H30F3N3/c1-5-23-27(6-2)19-13-9-11-15-21(19)35-25-22(16-17-24(33-25)29(30,31)32)34(26(35)28(23,27)7-3)20-14-10-8-12-18(20)4/h8-17,23,26H,5-7H2,1-4H3. The first-order chi connectivity index (χ1) is 16.8. The van der Waals surface area contributed by atoms with E-state index < -0.39 is 11.9 Å². The van der Waals surface area contributed by atoms with Gasteiger partial charge in [-0.15, -0.1) is 0 Å². The molecule has 2 aliphatic heterocycles. The summed E-state index contributed by atoms with van der Waals surface area (Å²) in [6, 6.07) is 19.2. The van der Waals surface area contributed by atoms with Crippen LogP contribution >= 0.6 is 0 Å². The van der Waals surface area contributed by atoms with E-state index in [0.717, 1.165) is 48.0 Å². The Bertz CT molecular complexity index is 1320. The van der Waals surface area contributed by atoms with E-state index in [1.54, 1.807) is 6.07 Å². The van der Waals surface area contributed by atoms with Crippen molar-refractivity contribution in [3.8, 4) is 0 Å². The number of pyridine rings is 1. The third-order valence-corrected chi connectivity index (χ3v) is 9.12. The van der Waals surface area contributed by atoms with E-state index in [9.17, 15) is 13.2 Å². The van der Waals surface area contributed by atoms with Crippen molar-refractivity contribution in [2.45, 2.75) is 64.7 Å². The quantitative estimate of drug-likeness (QED) is 0.378. The first-order valence-electron chi connectivity index (χ1n) is 12.6. The Labute approximate surface area is 204 Å². The molecule has 0 spiro atoms. The van der Waals surface area contributed by atoms with Crippen molar-refractivity contribution in [2.24, 2.45) is 11.3 Å². The number of benzene rings is 2. The van der Waals surface area contributed by atoms with E-state index in [0.29, 0.717) is 11.7 Å². The SMILES string of the molecule is CCC1C2(CC)c3ccccc3N3c4nc(C(F)(F)F)ccc4N(c4ccccc4C)C3C12CC. The summed E-state index contributed by atoms with van der Waals surface area (Å²) in [6.07, 6.45) is -1.67. The number of hydrogen-bond acceptors (Lipinski definition) is 3. The van der Waals surface area contributed by atoms with Crippen LogP contribution < -0.4 is 9.80 Å². The summed E-state index contributed by atoms with van der Waals surface area (Å²) >= 11 is 0. The van der Waals surface area contributed by atoms with E-state index in [1.807, 2.05) is 18.2 Å². The van der Waals surface area contributed by atoms with Crippen molar-refractivity contribution >= 4 is 22.9 Å². The molecule has 0 amide bonds. The lowest BCUT2D eigenvalue weighted by Gasteiger charge is -2.46. The molecule has 0 saturated heterocycles. The first kappa shape index (κ1) is 22.4. The zero-order valence-electron chi connectivity index (χ0n) is 20.5. The average molecular weight is 478 g/mol. The van der Waals surface area contributed by atoms with E-state index >= 15 is 0 Å². The minimum Gasteiger partial charge on any atom is -0.316 e. The van der Waals surface area contributed by atoms with Gasteiger partial charge in [0, 0.05) is 22.2 Å². The molecule has 4 unspecified atom stereocenters. The smallest absolute Gasteiger partial charge is 0.316 e. The van der Waals surface area contributed by atoms with Crippen molar-refractivity contribution in [3.63, 3.8) is 0 Å². The Hall–Kier alpha value is -3.02. The van der Waals surface area contributed by atoms with E-state index in [2.05, 4.69) is 72.8 Å². The van der Waals surface area contributed by atoms with Gasteiger partial charge >= 0.3 is 6.18 Å². The summed E-state index contributed by atoms with van der Waals surface area (Å²) in [4.78, 5) is 8.70. The van der Waals surface area contributed by atoms with Crippen LogP contribution in [0.15, 0.2) is 60.7 Å². The zero-order chi connectivity index (χ0) is 24.8. The fourth-order valence-corrected chi connectivity index (χ4v) is 7.98. The summed E-state index contributed by atoms with van der Waals surface area (Å²) in [7, 11) is 0. The molecule has 2 aromatic carbocycles. The van der Waals surface area contributed by atoms with Crippen LogP contribution in [0, 0.1) is 18.3 Å². The number of aromatic nitrogens is 1. The molecule has 35 heavy (non-hydrogen) atoms. The maximum absolute atomic E-state index is 13.8. The van der Waals surface area contributed by atoms with Gasteiger partial charge in [0.25, 0.3) is 0 Å². The molecule has 6 rings (SSSR count). The molecular formula is C29H30F3N3. The minimum atomic E-state index is -4.50. The van der Waals surface area contributed by atoms with Crippen molar-refractivity contribution < 1.29 is 13.2 Å². The second-order valence-corrected chi connectivity index (χ2v) is 10.1. The molecule has 0 N–H and O–H groups in total. The van der Waals surface area contributed by atoms with Crippen LogP contribution in [-0.2, 0) is 11.6 Å². The summed E-state index contributed by atoms with van der Waals surface area (Å²) < 4.78 is 41.5. The number of anilines is 4. The Morgan fingerprint density at radius 3 is 2.14 bits per heavy atom. The van der Waals surface area contributed by atoms with Crippen molar-refractivity contribution in [3.05, 3.63) is 77.5 Å². The Balaban J connectivity index is 1.70. The first-order valence-corrected chi connectivity index (χ1v) is 12.6. The average Bonchev–Trinajstić information content (AvgIpc) is 3.34. The van der Waals surface area contributed by atoms with Gasteiger partial charge in [-0.3, -0.25) is 0 Å². The number of aryl methyl sites for hydroxylation is 1. The molecule has 1 saturated carbocycles. The van der Waals surface area contributed by atoms with Gasteiger partial charge in [-0.05, 0) is 61.1 Å². The third-order valence-electron chi connectivity index (χ3n) is 9.12. The lowest BCUT2D eigenvalue weighted by atomic mass is 9.76. The lowest BCUT2D eigenvalue weighted by molar-refractivity contribution is -0.141. The minimum absolute atomic E-state index is 0.00983. The van der Waals surface area contributed by atoms with Gasteiger partial charge in [0.2, 0.25) is 0 Å². The largest absolute Gasteiger partial charge is 0.433 e. The van der Waals surface area contributed by atoms with Gasteiger partial charge in [0.05, 0.1) is 5.69 Å². The van der Waals surface area contributed by atoms with Gasteiger partial charge in [-0.25, -0.2) is 4.98 Å². The predicted octanol–water partition coefficient (Wildman–Crippen LogP) is 8.12. The van der Waals surface area contributed by atoms with Gasteiger partial charge < -0.3 is 9.80 Å². The second-order valence-electron chi connectivity index (χ2n) is 10.1. The molecular weight excluding hydrogens is 447 g/mol. The summed E-state index contributed by atoms with van der Waals surface area (Å²) in [5.74, 6) is 0.837. The number of hydrogen-bond donors (Lipinski definition) is 0. The van der Waals surface area contributed by atoms with Gasteiger partial charge in [-0.1, -0.05) is 63.6 Å². The highest BCUT2D eigenvalue weighted by Gasteiger charge is 2.81. The lowest BCUT2D eigenvalue weighted by Crippen LogP contribution is -2.52. The topological polar surface area (TPSA) is 19.4 Å². The highest BCUT2D eigenvalue weighted by Crippen LogP contribution is 2.82. The van der Waals surface area contributed by atoms with E-state index in [-0.39, 0.29) is 17.0 Å². The summed E-state index contributed by atoms with van der Waals surface area (Å²) in [5, 5.41) is 0. The van der Waals surface area contributed by atoms with Crippen LogP contribution in [0.3, 0.4) is 0 Å². The Morgan fingerprint density at radius 2 is 1.51 bits per heavy atom. The summed E-state index contributed by atoms with van der Waals surface area (Å²) in [5.41, 5.74) is 4.15. The fourth-order valence-electron chi connectivity index (χ4n) is 7.98. The molecule has 0 bridgehead atoms. The highest BCUT2D eigenvalue weighted by molar-refractivity contribution is 5.91. The Kier molecular flexibility index (Phi) is 4.65. The van der Waals surface area contributed by atoms with Crippen LogP contribution in [0.4, 0.5) is 36.1 Å². The molecule has 182 valence electrons. The molecule has 1 aromatic heterocycles. The van der Waals surface area contributed by atoms with Crippen LogP contribution in [-0.4, -0.2) is 11.1 Å². The summed E-state index contributed by atoms with van der Waals surface area (Å²) in [6.45, 7) is 8.85. The second kappa shape index (κ2) is 7.25. The van der Waals surface area contributed by atoms with Gasteiger partial charge in [-0.2, -0.15) is 13.2 Å². The molecule has 3 aromatic rings. The van der Waals surface area contributed by atoms with Crippen molar-refractivity contribution in [1.29, 1.82) is 0 Å². The maximum Gasteiger partial charge on any atom is 0.433 e. The number of halogens is 3. The number of para-hydroxylation sites is 2. The van der Waals surface area contributed by atoms with Crippen molar-refractivity contribution in [2.75, 3.05) is 9.80 Å². The van der Waals surface area contributed by atoms with Crippen LogP contribution in [0.2, 0.25) is 0 Å². The van der Waals surface area contributed by atoms with Gasteiger partial charge in [0.15, 0.2) is 5.82 Å². The number of alkyl halides is 3. The van der Waals surface area contributed by atoms with Gasteiger partial charge in [0.1, 0.15) is 11.9 Å². The van der Waals surface area contributed by atoms with E-state index in [1.165, 1.54) is 5.56 Å². The molecule has 3 nitrogen and oxygen atoms in total. The molecule has 1 fully saturated rings. The molecule has 4 atom stereocenters.